The van der Waals surface area contributed by atoms with E-state index < -0.39 is 11.9 Å². The molecule has 3 rings (SSSR count). The molecule has 2 aromatic rings. The highest BCUT2D eigenvalue weighted by Crippen LogP contribution is 2.32. The monoisotopic (exact) mass is 399 g/mol. The predicted molar refractivity (Wildman–Crippen MR) is 95.1 cm³/mol. The lowest BCUT2D eigenvalue weighted by Gasteiger charge is -2.22. The molecule has 0 saturated heterocycles. The van der Waals surface area contributed by atoms with Gasteiger partial charge in [-0.15, -0.1) is 0 Å². The second-order valence-corrected chi connectivity index (χ2v) is 7.46. The SMILES string of the molecule is O=C(CCSc1nc(-c2ccco2)cc(C(F)(F)F)n1)NC1CCCCC1. The first-order valence-corrected chi connectivity index (χ1v) is 9.83. The first kappa shape index (κ1) is 19.7. The second kappa shape index (κ2) is 8.77. The van der Waals surface area contributed by atoms with Crippen LogP contribution in [0.3, 0.4) is 0 Å². The van der Waals surface area contributed by atoms with Gasteiger partial charge in [-0.1, -0.05) is 31.0 Å². The van der Waals surface area contributed by atoms with Crippen LogP contribution in [0.1, 0.15) is 44.2 Å². The number of carbonyl (C=O) groups is 1. The number of thioether (sulfide) groups is 1. The van der Waals surface area contributed by atoms with E-state index in [0.717, 1.165) is 43.5 Å². The number of alkyl halides is 3. The minimum Gasteiger partial charge on any atom is -0.463 e. The van der Waals surface area contributed by atoms with Gasteiger partial charge >= 0.3 is 6.18 Å². The van der Waals surface area contributed by atoms with Crippen molar-refractivity contribution in [1.29, 1.82) is 0 Å². The third-order valence-electron chi connectivity index (χ3n) is 4.30. The summed E-state index contributed by atoms with van der Waals surface area (Å²) >= 11 is 1.03. The molecule has 0 spiro atoms. The van der Waals surface area contributed by atoms with Gasteiger partial charge in [0, 0.05) is 18.2 Å². The lowest BCUT2D eigenvalue weighted by molar-refractivity contribution is -0.141. The maximum atomic E-state index is 13.1. The smallest absolute Gasteiger partial charge is 0.433 e. The molecule has 2 aromatic heterocycles. The van der Waals surface area contributed by atoms with Gasteiger partial charge in [-0.05, 0) is 31.0 Å². The number of furan rings is 1. The standard InChI is InChI=1S/C18H20F3N3O2S/c19-18(20,21)15-11-13(14-7-4-9-26-14)23-17(24-15)27-10-8-16(25)22-12-5-2-1-3-6-12/h4,7,9,11-12H,1-3,5-6,8,10H2,(H,22,25). The van der Waals surface area contributed by atoms with Gasteiger partial charge in [0.15, 0.2) is 10.9 Å². The zero-order chi connectivity index (χ0) is 19.3. The van der Waals surface area contributed by atoms with Gasteiger partial charge in [-0.2, -0.15) is 13.2 Å². The number of nitrogens with one attached hydrogen (secondary N) is 1. The fourth-order valence-corrected chi connectivity index (χ4v) is 3.76. The number of nitrogens with zero attached hydrogens (tertiary/aromatic N) is 2. The number of rotatable bonds is 6. The Labute approximate surface area is 159 Å². The number of aromatic nitrogens is 2. The fourth-order valence-electron chi connectivity index (χ4n) is 2.97. The van der Waals surface area contributed by atoms with E-state index in [1.54, 1.807) is 6.07 Å². The van der Waals surface area contributed by atoms with Gasteiger partial charge in [0.25, 0.3) is 0 Å². The summed E-state index contributed by atoms with van der Waals surface area (Å²) in [6.07, 6.45) is 2.40. The highest BCUT2D eigenvalue weighted by Gasteiger charge is 2.34. The summed E-state index contributed by atoms with van der Waals surface area (Å²) in [6.45, 7) is 0. The Morgan fingerprint density at radius 3 is 2.70 bits per heavy atom. The van der Waals surface area contributed by atoms with Gasteiger partial charge in [-0.25, -0.2) is 9.97 Å². The van der Waals surface area contributed by atoms with Crippen LogP contribution in [0.25, 0.3) is 11.5 Å². The fraction of sp³-hybridized carbons (Fsp3) is 0.500. The second-order valence-electron chi connectivity index (χ2n) is 6.40. The summed E-state index contributed by atoms with van der Waals surface area (Å²) in [5.74, 6) is 0.449. The summed E-state index contributed by atoms with van der Waals surface area (Å²) in [7, 11) is 0. The molecular formula is C18H20F3N3O2S. The largest absolute Gasteiger partial charge is 0.463 e. The summed E-state index contributed by atoms with van der Waals surface area (Å²) in [6, 6.07) is 4.19. The average molecular weight is 399 g/mol. The van der Waals surface area contributed by atoms with Crippen LogP contribution in [-0.2, 0) is 11.0 Å². The summed E-state index contributed by atoms with van der Waals surface area (Å²) in [5, 5.41) is 2.96. The minimum atomic E-state index is -4.59. The third kappa shape index (κ3) is 5.72. The summed E-state index contributed by atoms with van der Waals surface area (Å²) in [5.41, 5.74) is -0.963. The van der Waals surface area contributed by atoms with E-state index >= 15 is 0 Å². The van der Waals surface area contributed by atoms with Crippen LogP contribution in [0.4, 0.5) is 13.2 Å². The molecule has 146 valence electrons. The normalized spacial score (nSPS) is 15.7. The van der Waals surface area contributed by atoms with Crippen LogP contribution >= 0.6 is 11.8 Å². The highest BCUT2D eigenvalue weighted by atomic mass is 32.2. The van der Waals surface area contributed by atoms with Crippen molar-refractivity contribution >= 4 is 17.7 Å². The minimum absolute atomic E-state index is 0.0262. The number of hydrogen-bond donors (Lipinski definition) is 1. The Morgan fingerprint density at radius 1 is 1.26 bits per heavy atom. The van der Waals surface area contributed by atoms with E-state index in [0.29, 0.717) is 5.75 Å². The van der Waals surface area contributed by atoms with E-state index in [-0.39, 0.29) is 35.0 Å². The average Bonchev–Trinajstić information content (AvgIpc) is 3.16. The molecule has 0 aromatic carbocycles. The maximum absolute atomic E-state index is 13.1. The quantitative estimate of drug-likeness (QED) is 0.564. The van der Waals surface area contributed by atoms with Crippen molar-refractivity contribution in [2.45, 2.75) is 55.9 Å². The van der Waals surface area contributed by atoms with Crippen molar-refractivity contribution in [3.8, 4) is 11.5 Å². The van der Waals surface area contributed by atoms with Crippen LogP contribution in [0.15, 0.2) is 34.0 Å². The molecule has 0 unspecified atom stereocenters. The van der Waals surface area contributed by atoms with E-state index in [2.05, 4.69) is 15.3 Å². The topological polar surface area (TPSA) is 68.0 Å². The molecule has 0 bridgehead atoms. The molecule has 1 N–H and O–H groups in total. The number of amides is 1. The summed E-state index contributed by atoms with van der Waals surface area (Å²) in [4.78, 5) is 19.7. The maximum Gasteiger partial charge on any atom is 0.433 e. The van der Waals surface area contributed by atoms with E-state index in [1.165, 1.54) is 18.8 Å². The van der Waals surface area contributed by atoms with E-state index in [4.69, 9.17) is 4.42 Å². The summed E-state index contributed by atoms with van der Waals surface area (Å²) < 4.78 is 44.5. The zero-order valence-electron chi connectivity index (χ0n) is 14.6. The molecule has 1 saturated carbocycles. The van der Waals surface area contributed by atoms with Gasteiger partial charge in [0.1, 0.15) is 11.4 Å². The van der Waals surface area contributed by atoms with Crippen LogP contribution in [-0.4, -0.2) is 27.7 Å². The van der Waals surface area contributed by atoms with Gasteiger partial charge in [0.2, 0.25) is 5.91 Å². The van der Waals surface area contributed by atoms with Crippen LogP contribution in [0, 0.1) is 0 Å². The van der Waals surface area contributed by atoms with Crippen LogP contribution in [0.2, 0.25) is 0 Å². The number of carbonyl (C=O) groups excluding carboxylic acids is 1. The molecule has 27 heavy (non-hydrogen) atoms. The number of hydrogen-bond acceptors (Lipinski definition) is 5. The molecule has 9 heteroatoms. The Bertz CT molecular complexity index is 760. The van der Waals surface area contributed by atoms with Crippen molar-refractivity contribution in [2.24, 2.45) is 0 Å². The van der Waals surface area contributed by atoms with Gasteiger partial charge in [0.05, 0.1) is 6.26 Å². The molecule has 1 fully saturated rings. The van der Waals surface area contributed by atoms with Crippen molar-refractivity contribution in [2.75, 3.05) is 5.75 Å². The van der Waals surface area contributed by atoms with Crippen molar-refractivity contribution in [3.63, 3.8) is 0 Å². The first-order chi connectivity index (χ1) is 12.9. The Hall–Kier alpha value is -2.03. The molecule has 1 amide bonds. The lowest BCUT2D eigenvalue weighted by atomic mass is 9.95. The van der Waals surface area contributed by atoms with E-state index in [9.17, 15) is 18.0 Å². The van der Waals surface area contributed by atoms with Gasteiger partial charge < -0.3 is 9.73 Å². The molecule has 1 aliphatic rings. The highest BCUT2D eigenvalue weighted by molar-refractivity contribution is 7.99. The van der Waals surface area contributed by atoms with Crippen molar-refractivity contribution in [1.82, 2.24) is 15.3 Å². The van der Waals surface area contributed by atoms with E-state index in [1.807, 2.05) is 0 Å². The van der Waals surface area contributed by atoms with Crippen LogP contribution in [0.5, 0.6) is 0 Å². The molecule has 2 heterocycles. The lowest BCUT2D eigenvalue weighted by Crippen LogP contribution is -2.36. The third-order valence-corrected chi connectivity index (χ3v) is 5.15. The van der Waals surface area contributed by atoms with Crippen molar-refractivity contribution < 1.29 is 22.4 Å². The van der Waals surface area contributed by atoms with Crippen molar-refractivity contribution in [3.05, 3.63) is 30.2 Å². The molecular weight excluding hydrogens is 379 g/mol. The molecule has 0 radical (unpaired) electrons. The van der Waals surface area contributed by atoms with Crippen LogP contribution < -0.4 is 5.32 Å². The Balaban J connectivity index is 1.61. The predicted octanol–water partition coefficient (Wildman–Crippen LogP) is 4.69. The number of halogens is 3. The molecule has 1 aliphatic carbocycles. The molecule has 0 atom stereocenters. The Kier molecular flexibility index (Phi) is 6.41. The first-order valence-electron chi connectivity index (χ1n) is 8.84. The van der Waals surface area contributed by atoms with Gasteiger partial charge in [-0.3, -0.25) is 4.79 Å². The molecule has 5 nitrogen and oxygen atoms in total. The Morgan fingerprint density at radius 2 is 2.04 bits per heavy atom. The zero-order valence-corrected chi connectivity index (χ0v) is 15.4. The molecule has 0 aliphatic heterocycles.